The predicted octanol–water partition coefficient (Wildman–Crippen LogP) is 2.90. The molecule has 0 aliphatic rings. The van der Waals surface area contributed by atoms with Gasteiger partial charge in [-0.05, 0) is 37.3 Å². The number of nitrogens with one attached hydrogen (secondary N) is 1. The smallest absolute Gasteiger partial charge is 0.312 e. The molecular weight excluding hydrogens is 424 g/mol. The number of carbonyl (C=O) groups excluding carboxylic acids is 1. The number of amides is 1. The minimum atomic E-state index is -3.90. The Morgan fingerprint density at radius 1 is 1.26 bits per heavy atom. The first-order chi connectivity index (χ1) is 14.6. The molecule has 2 aromatic rings. The second-order valence-corrected chi connectivity index (χ2v) is 8.36. The zero-order valence-electron chi connectivity index (χ0n) is 17.2. The molecule has 2 rings (SSSR count). The summed E-state index contributed by atoms with van der Waals surface area (Å²) in [5, 5.41) is 23.0. The molecule has 10 nitrogen and oxygen atoms in total. The van der Waals surface area contributed by atoms with Crippen molar-refractivity contribution in [1.29, 1.82) is 5.26 Å². The molecule has 1 amide bonds. The summed E-state index contributed by atoms with van der Waals surface area (Å²) in [4.78, 5) is 22.9. The Morgan fingerprint density at radius 2 is 1.94 bits per heavy atom. The molecule has 0 aliphatic carbocycles. The molecule has 0 saturated carbocycles. The fraction of sp³-hybridized carbons (Fsp3) is 0.300. The molecule has 0 fully saturated rings. The fourth-order valence-electron chi connectivity index (χ4n) is 2.77. The first-order valence-corrected chi connectivity index (χ1v) is 10.8. The van der Waals surface area contributed by atoms with E-state index in [9.17, 15) is 23.3 Å². The summed E-state index contributed by atoms with van der Waals surface area (Å²) in [6, 6.07) is 11.5. The molecule has 1 unspecified atom stereocenters. The molecule has 31 heavy (non-hydrogen) atoms. The van der Waals surface area contributed by atoms with Crippen molar-refractivity contribution >= 4 is 27.3 Å². The second-order valence-electron chi connectivity index (χ2n) is 6.42. The van der Waals surface area contributed by atoms with Crippen LogP contribution >= 0.6 is 0 Å². The number of hydrogen-bond donors (Lipinski definition) is 1. The fourth-order valence-corrected chi connectivity index (χ4v) is 4.25. The molecule has 1 N–H and O–H groups in total. The van der Waals surface area contributed by atoms with Gasteiger partial charge in [-0.2, -0.15) is 9.57 Å². The van der Waals surface area contributed by atoms with Crippen LogP contribution in [-0.2, 0) is 14.8 Å². The Hall–Kier alpha value is -3.49. The molecular formula is C20H22N4O6S. The highest BCUT2D eigenvalue weighted by Gasteiger charge is 2.27. The van der Waals surface area contributed by atoms with Gasteiger partial charge in [0.05, 0.1) is 21.5 Å². The highest BCUT2D eigenvalue weighted by atomic mass is 32.2. The molecule has 0 spiro atoms. The lowest BCUT2D eigenvalue weighted by atomic mass is 10.2. The third-order valence-corrected chi connectivity index (χ3v) is 6.45. The molecule has 164 valence electrons. The third-order valence-electron chi connectivity index (χ3n) is 4.40. The van der Waals surface area contributed by atoms with Crippen molar-refractivity contribution in [3.05, 3.63) is 58.1 Å². The number of nitro groups is 1. The van der Waals surface area contributed by atoms with Gasteiger partial charge in [-0.25, -0.2) is 8.42 Å². The summed E-state index contributed by atoms with van der Waals surface area (Å²) in [5.41, 5.74) is 0.154. The van der Waals surface area contributed by atoms with Gasteiger partial charge >= 0.3 is 5.69 Å². The maximum Gasteiger partial charge on any atom is 0.312 e. The van der Waals surface area contributed by atoms with Crippen molar-refractivity contribution in [2.75, 3.05) is 18.4 Å². The summed E-state index contributed by atoms with van der Waals surface area (Å²) in [6.45, 7) is 5.16. The van der Waals surface area contributed by atoms with Gasteiger partial charge in [0.2, 0.25) is 10.0 Å². The van der Waals surface area contributed by atoms with E-state index in [4.69, 9.17) is 10.00 Å². The van der Waals surface area contributed by atoms with E-state index in [2.05, 4.69) is 5.32 Å². The number of carbonyl (C=O) groups is 1. The van der Waals surface area contributed by atoms with Crippen LogP contribution in [0.5, 0.6) is 5.75 Å². The van der Waals surface area contributed by atoms with E-state index >= 15 is 0 Å². The maximum absolute atomic E-state index is 12.6. The lowest BCUT2D eigenvalue weighted by Gasteiger charge is -2.19. The van der Waals surface area contributed by atoms with Crippen LogP contribution in [0.15, 0.2) is 47.4 Å². The first kappa shape index (κ1) is 23.8. The number of rotatable bonds is 9. The van der Waals surface area contributed by atoms with Crippen molar-refractivity contribution < 1.29 is 22.9 Å². The van der Waals surface area contributed by atoms with Crippen LogP contribution in [-0.4, -0.2) is 42.7 Å². The largest absolute Gasteiger partial charge is 0.474 e. The van der Waals surface area contributed by atoms with Crippen molar-refractivity contribution in [2.24, 2.45) is 0 Å². The molecule has 0 aliphatic heterocycles. The van der Waals surface area contributed by atoms with Gasteiger partial charge in [-0.15, -0.1) is 0 Å². The molecule has 1 atom stereocenters. The molecule has 0 bridgehead atoms. The monoisotopic (exact) mass is 446 g/mol. The summed E-state index contributed by atoms with van der Waals surface area (Å²) >= 11 is 0. The number of ether oxygens (including phenoxy) is 1. The van der Waals surface area contributed by atoms with Crippen LogP contribution in [0.3, 0.4) is 0 Å². The Labute approximate surface area is 180 Å². The topological polar surface area (TPSA) is 143 Å². The van der Waals surface area contributed by atoms with E-state index in [1.807, 2.05) is 6.07 Å². The number of nitriles is 1. The minimum absolute atomic E-state index is 0.217. The minimum Gasteiger partial charge on any atom is -0.474 e. The SMILES string of the molecule is CCN(CC)S(=O)(=O)c1ccc(OC(C)C(=O)Nc2cccc(C#N)c2)c([N+](=O)[O-])c1. The highest BCUT2D eigenvalue weighted by molar-refractivity contribution is 7.89. The van der Waals surface area contributed by atoms with Crippen LogP contribution in [0, 0.1) is 21.4 Å². The number of hydrogen-bond acceptors (Lipinski definition) is 7. The highest BCUT2D eigenvalue weighted by Crippen LogP contribution is 2.31. The number of nitrogens with zero attached hydrogens (tertiary/aromatic N) is 3. The Kier molecular flexibility index (Phi) is 7.68. The van der Waals surface area contributed by atoms with E-state index in [0.717, 1.165) is 12.1 Å². The van der Waals surface area contributed by atoms with Gasteiger partial charge in [0, 0.05) is 24.8 Å². The van der Waals surface area contributed by atoms with E-state index < -0.39 is 32.6 Å². The summed E-state index contributed by atoms with van der Waals surface area (Å²) in [7, 11) is -3.90. The second kappa shape index (κ2) is 10.0. The number of benzene rings is 2. The normalized spacial score (nSPS) is 12.1. The van der Waals surface area contributed by atoms with Crippen LogP contribution < -0.4 is 10.1 Å². The van der Waals surface area contributed by atoms with Crippen molar-refractivity contribution in [1.82, 2.24) is 4.31 Å². The zero-order valence-corrected chi connectivity index (χ0v) is 18.0. The Balaban J connectivity index is 2.26. The Bertz CT molecular complexity index is 1120. The number of nitro benzene ring substituents is 1. The average molecular weight is 446 g/mol. The quantitative estimate of drug-likeness (QED) is 0.461. The molecule has 11 heteroatoms. The van der Waals surface area contributed by atoms with Crippen LogP contribution in [0.2, 0.25) is 0 Å². The third kappa shape index (κ3) is 5.56. The van der Waals surface area contributed by atoms with Gasteiger partial charge in [0.25, 0.3) is 5.91 Å². The van der Waals surface area contributed by atoms with Gasteiger partial charge < -0.3 is 10.1 Å². The van der Waals surface area contributed by atoms with E-state index in [1.54, 1.807) is 32.0 Å². The maximum atomic E-state index is 12.6. The van der Waals surface area contributed by atoms with Crippen molar-refractivity contribution in [3.63, 3.8) is 0 Å². The van der Waals surface area contributed by atoms with Crippen molar-refractivity contribution in [2.45, 2.75) is 31.8 Å². The Morgan fingerprint density at radius 3 is 2.52 bits per heavy atom. The van der Waals surface area contributed by atoms with E-state index in [1.165, 1.54) is 23.4 Å². The molecule has 0 heterocycles. The summed E-state index contributed by atoms with van der Waals surface area (Å²) in [5.74, 6) is -0.832. The van der Waals surface area contributed by atoms with Gasteiger partial charge in [0.15, 0.2) is 11.9 Å². The molecule has 0 aromatic heterocycles. The number of anilines is 1. The lowest BCUT2D eigenvalue weighted by Crippen LogP contribution is -2.31. The van der Waals surface area contributed by atoms with Crippen LogP contribution in [0.1, 0.15) is 26.3 Å². The zero-order chi connectivity index (χ0) is 23.2. The lowest BCUT2D eigenvalue weighted by molar-refractivity contribution is -0.386. The van der Waals surface area contributed by atoms with Gasteiger partial charge in [-0.3, -0.25) is 14.9 Å². The van der Waals surface area contributed by atoms with Crippen LogP contribution in [0.25, 0.3) is 0 Å². The average Bonchev–Trinajstić information content (AvgIpc) is 2.74. The van der Waals surface area contributed by atoms with Crippen molar-refractivity contribution in [3.8, 4) is 11.8 Å². The van der Waals surface area contributed by atoms with E-state index in [-0.39, 0.29) is 23.7 Å². The molecule has 0 radical (unpaired) electrons. The molecule has 0 saturated heterocycles. The first-order valence-electron chi connectivity index (χ1n) is 9.40. The standard InChI is InChI=1S/C20H22N4O6S/c1-4-23(5-2)31(28,29)17-9-10-19(18(12-17)24(26)27)30-14(3)20(25)22-16-8-6-7-15(11-16)13-21/h6-12,14H,4-5H2,1-3H3,(H,22,25). The predicted molar refractivity (Wildman–Crippen MR) is 113 cm³/mol. The summed E-state index contributed by atoms with van der Waals surface area (Å²) < 4.78 is 31.9. The summed E-state index contributed by atoms with van der Waals surface area (Å²) in [6.07, 6.45) is -1.13. The van der Waals surface area contributed by atoms with Gasteiger partial charge in [0.1, 0.15) is 0 Å². The van der Waals surface area contributed by atoms with Crippen LogP contribution in [0.4, 0.5) is 11.4 Å². The number of sulfonamides is 1. The van der Waals surface area contributed by atoms with E-state index in [0.29, 0.717) is 11.3 Å². The molecule has 2 aromatic carbocycles. The van der Waals surface area contributed by atoms with Gasteiger partial charge in [-0.1, -0.05) is 19.9 Å².